The molecule has 1 aromatic carbocycles. The average molecular weight is 348 g/mol. The molecule has 0 spiro atoms. The van der Waals surface area contributed by atoms with Crippen molar-refractivity contribution in [2.75, 3.05) is 12.4 Å². The van der Waals surface area contributed by atoms with E-state index in [9.17, 15) is 0 Å². The van der Waals surface area contributed by atoms with E-state index in [0.717, 1.165) is 52.6 Å². The van der Waals surface area contributed by atoms with Crippen LogP contribution in [-0.2, 0) is 12.8 Å². The molecule has 2 aromatic rings. The molecule has 134 valence electrons. The molecule has 2 bridgehead atoms. The SMILES string of the molecule is COc1cccc(Cc2nc3c(c(NC4CC5CCC4C5)n2)N=CC3)c1. The van der Waals surface area contributed by atoms with Crippen LogP contribution < -0.4 is 10.1 Å². The van der Waals surface area contributed by atoms with Gasteiger partial charge in [0.15, 0.2) is 5.82 Å². The largest absolute Gasteiger partial charge is 0.497 e. The van der Waals surface area contributed by atoms with Gasteiger partial charge in [-0.2, -0.15) is 0 Å². The summed E-state index contributed by atoms with van der Waals surface area (Å²) in [5.41, 5.74) is 3.15. The van der Waals surface area contributed by atoms with Crippen molar-refractivity contribution < 1.29 is 4.74 Å². The summed E-state index contributed by atoms with van der Waals surface area (Å²) < 4.78 is 5.33. The zero-order chi connectivity index (χ0) is 17.5. The van der Waals surface area contributed by atoms with Gasteiger partial charge in [0.1, 0.15) is 17.3 Å². The minimum Gasteiger partial charge on any atom is -0.497 e. The number of aliphatic imine (C=N–C) groups is 1. The standard InChI is InChI=1S/C21H24N4O/c1-26-16-4-2-3-13(10-16)12-19-23-17-7-8-22-20(17)21(25-19)24-18-11-14-5-6-15(18)9-14/h2-4,8,10,14-15,18H,5-7,9,11-12H2,1H3,(H,23,24,25). The van der Waals surface area contributed by atoms with Crippen molar-refractivity contribution in [2.24, 2.45) is 16.8 Å². The summed E-state index contributed by atoms with van der Waals surface area (Å²) in [5, 5.41) is 3.73. The van der Waals surface area contributed by atoms with Gasteiger partial charge in [0, 0.05) is 25.1 Å². The Morgan fingerprint density at radius 2 is 2.15 bits per heavy atom. The normalized spacial score (nSPS) is 25.5. The maximum atomic E-state index is 5.33. The second-order valence-electron chi connectivity index (χ2n) is 7.75. The molecular formula is C21H24N4O. The van der Waals surface area contributed by atoms with Crippen molar-refractivity contribution in [1.29, 1.82) is 0 Å². The van der Waals surface area contributed by atoms with Gasteiger partial charge in [-0.25, -0.2) is 9.97 Å². The Balaban J connectivity index is 1.42. The summed E-state index contributed by atoms with van der Waals surface area (Å²) in [5.74, 6) is 4.37. The number of fused-ring (bicyclic) bond motifs is 3. The summed E-state index contributed by atoms with van der Waals surface area (Å²) in [6.45, 7) is 0. The second-order valence-corrected chi connectivity index (χ2v) is 7.75. The molecule has 3 atom stereocenters. The van der Waals surface area contributed by atoms with Crippen LogP contribution in [0.3, 0.4) is 0 Å². The Hall–Kier alpha value is -2.43. The monoisotopic (exact) mass is 348 g/mol. The molecule has 2 saturated carbocycles. The maximum Gasteiger partial charge on any atom is 0.156 e. The fourth-order valence-corrected chi connectivity index (χ4v) is 4.80. The van der Waals surface area contributed by atoms with Crippen LogP contribution in [0.15, 0.2) is 29.3 Å². The predicted octanol–water partition coefficient (Wildman–Crippen LogP) is 3.93. The van der Waals surface area contributed by atoms with Crippen molar-refractivity contribution in [3.05, 3.63) is 41.3 Å². The molecule has 5 rings (SSSR count). The van der Waals surface area contributed by atoms with Crippen molar-refractivity contribution in [3.8, 4) is 5.75 Å². The third kappa shape index (κ3) is 2.85. The van der Waals surface area contributed by atoms with E-state index in [1.54, 1.807) is 7.11 Å². The van der Waals surface area contributed by atoms with Gasteiger partial charge in [-0.15, -0.1) is 0 Å². The van der Waals surface area contributed by atoms with Gasteiger partial charge in [-0.1, -0.05) is 18.6 Å². The van der Waals surface area contributed by atoms with Crippen LogP contribution >= 0.6 is 0 Å². The van der Waals surface area contributed by atoms with Gasteiger partial charge in [0.25, 0.3) is 0 Å². The summed E-state index contributed by atoms with van der Waals surface area (Å²) in [6, 6.07) is 8.67. The van der Waals surface area contributed by atoms with E-state index in [0.29, 0.717) is 12.5 Å². The smallest absolute Gasteiger partial charge is 0.156 e. The molecular weight excluding hydrogens is 324 g/mol. The highest BCUT2D eigenvalue weighted by atomic mass is 16.5. The Kier molecular flexibility index (Phi) is 3.88. The summed E-state index contributed by atoms with van der Waals surface area (Å²) in [7, 11) is 1.69. The minimum atomic E-state index is 0.549. The Bertz CT molecular complexity index is 863. The third-order valence-electron chi connectivity index (χ3n) is 6.06. The zero-order valence-electron chi connectivity index (χ0n) is 15.1. The quantitative estimate of drug-likeness (QED) is 0.889. The molecule has 26 heavy (non-hydrogen) atoms. The van der Waals surface area contributed by atoms with E-state index >= 15 is 0 Å². The summed E-state index contributed by atoms with van der Waals surface area (Å²) >= 11 is 0. The van der Waals surface area contributed by atoms with Crippen molar-refractivity contribution in [3.63, 3.8) is 0 Å². The number of ether oxygens (including phenoxy) is 1. The number of hydrogen-bond acceptors (Lipinski definition) is 5. The lowest BCUT2D eigenvalue weighted by atomic mass is 9.95. The molecule has 5 heteroatoms. The highest BCUT2D eigenvalue weighted by molar-refractivity contribution is 5.80. The first-order valence-corrected chi connectivity index (χ1v) is 9.60. The lowest BCUT2D eigenvalue weighted by Gasteiger charge is -2.24. The highest BCUT2D eigenvalue weighted by Crippen LogP contribution is 2.46. The van der Waals surface area contributed by atoms with Crippen LogP contribution in [0.2, 0.25) is 0 Å². The molecule has 1 aliphatic heterocycles. The van der Waals surface area contributed by atoms with Gasteiger partial charge in [0.05, 0.1) is 12.8 Å². The van der Waals surface area contributed by atoms with Crippen molar-refractivity contribution in [2.45, 2.75) is 44.6 Å². The number of nitrogens with one attached hydrogen (secondary N) is 1. The van der Waals surface area contributed by atoms with E-state index < -0.39 is 0 Å². The zero-order valence-corrected chi connectivity index (χ0v) is 15.1. The lowest BCUT2D eigenvalue weighted by Crippen LogP contribution is -2.26. The first kappa shape index (κ1) is 15.8. The van der Waals surface area contributed by atoms with Gasteiger partial charge < -0.3 is 10.1 Å². The van der Waals surface area contributed by atoms with Crippen LogP contribution in [0.25, 0.3) is 0 Å². The van der Waals surface area contributed by atoms with E-state index in [-0.39, 0.29) is 0 Å². The highest BCUT2D eigenvalue weighted by Gasteiger charge is 2.40. The molecule has 1 aromatic heterocycles. The van der Waals surface area contributed by atoms with E-state index in [4.69, 9.17) is 14.7 Å². The fraction of sp³-hybridized carbons (Fsp3) is 0.476. The molecule has 0 amide bonds. The molecule has 5 nitrogen and oxygen atoms in total. The maximum absolute atomic E-state index is 5.33. The molecule has 3 aliphatic rings. The second kappa shape index (κ2) is 6.38. The summed E-state index contributed by atoms with van der Waals surface area (Å²) in [6.07, 6.45) is 8.87. The number of anilines is 1. The van der Waals surface area contributed by atoms with Crippen LogP contribution in [0.1, 0.15) is 42.8 Å². The van der Waals surface area contributed by atoms with Crippen LogP contribution in [0.5, 0.6) is 5.75 Å². The van der Waals surface area contributed by atoms with Crippen LogP contribution in [0.4, 0.5) is 11.5 Å². The first-order valence-electron chi connectivity index (χ1n) is 9.60. The van der Waals surface area contributed by atoms with Crippen LogP contribution in [0, 0.1) is 11.8 Å². The Morgan fingerprint density at radius 3 is 2.96 bits per heavy atom. The molecule has 2 aliphatic carbocycles. The van der Waals surface area contributed by atoms with Crippen molar-refractivity contribution >= 4 is 17.7 Å². The van der Waals surface area contributed by atoms with Gasteiger partial charge in [-0.05, 0) is 48.8 Å². The molecule has 2 fully saturated rings. The number of rotatable bonds is 5. The number of benzene rings is 1. The molecule has 1 N–H and O–H groups in total. The molecule has 0 radical (unpaired) electrons. The topological polar surface area (TPSA) is 59.4 Å². The lowest BCUT2D eigenvalue weighted by molar-refractivity contribution is 0.414. The molecule has 0 saturated heterocycles. The predicted molar refractivity (Wildman–Crippen MR) is 103 cm³/mol. The molecule has 3 unspecified atom stereocenters. The number of nitrogens with zero attached hydrogens (tertiary/aromatic N) is 3. The summed E-state index contributed by atoms with van der Waals surface area (Å²) in [4.78, 5) is 14.2. The van der Waals surface area contributed by atoms with E-state index in [1.807, 2.05) is 18.3 Å². The fourth-order valence-electron chi connectivity index (χ4n) is 4.80. The van der Waals surface area contributed by atoms with Gasteiger partial charge in [0.2, 0.25) is 0 Å². The number of methoxy groups -OCH3 is 1. The molecule has 2 heterocycles. The minimum absolute atomic E-state index is 0.549. The third-order valence-corrected chi connectivity index (χ3v) is 6.06. The van der Waals surface area contributed by atoms with Gasteiger partial charge >= 0.3 is 0 Å². The number of aromatic nitrogens is 2. The Morgan fingerprint density at radius 1 is 1.19 bits per heavy atom. The van der Waals surface area contributed by atoms with Crippen LogP contribution in [-0.4, -0.2) is 29.3 Å². The Labute approximate surface area is 153 Å². The average Bonchev–Trinajstić information content (AvgIpc) is 3.38. The van der Waals surface area contributed by atoms with E-state index in [1.165, 1.54) is 25.7 Å². The van der Waals surface area contributed by atoms with E-state index in [2.05, 4.69) is 22.4 Å². The number of hydrogen-bond donors (Lipinski definition) is 1. The first-order chi connectivity index (χ1) is 12.8. The van der Waals surface area contributed by atoms with Crippen molar-refractivity contribution in [1.82, 2.24) is 9.97 Å². The van der Waals surface area contributed by atoms with Gasteiger partial charge in [-0.3, -0.25) is 4.99 Å².